The van der Waals surface area contributed by atoms with Crippen LogP contribution in [-0.2, 0) is 5.41 Å². The van der Waals surface area contributed by atoms with E-state index in [0.717, 1.165) is 28.3 Å². The molecule has 348 valence electrons. The highest BCUT2D eigenvalue weighted by Gasteiger charge is 2.52. The highest BCUT2D eigenvalue weighted by Crippen LogP contribution is 2.64. The standard InChI is InChI=1S/C73H46N2/c1-2-17-54(18-3-1)75-70-46-52(37-43-62(70)63-44-35-50-16-5-7-20-59(50)72(63)75)48-33-40-56(41-34-48)74(55-38-31-47(32-39-55)51-36-42-58-53(45-51)30-29-49-15-4-6-19-57(49)58)69-28-14-27-68-71(69)64-23-10-13-26-67(64)73(68)65-24-11-8-21-60(65)61-22-9-12-25-66(61)73/h1-46H. The summed E-state index contributed by atoms with van der Waals surface area (Å²) in [6.45, 7) is 0. The van der Waals surface area contributed by atoms with Crippen LogP contribution in [0.4, 0.5) is 17.1 Å². The molecule has 0 bridgehead atoms. The van der Waals surface area contributed by atoms with Crippen molar-refractivity contribution in [1.29, 1.82) is 0 Å². The minimum absolute atomic E-state index is 0.455. The van der Waals surface area contributed by atoms with Gasteiger partial charge in [-0.15, -0.1) is 0 Å². The van der Waals surface area contributed by atoms with Crippen molar-refractivity contribution in [1.82, 2.24) is 4.57 Å². The van der Waals surface area contributed by atoms with Gasteiger partial charge in [-0.2, -0.15) is 0 Å². The molecule has 2 aliphatic carbocycles. The average molecular weight is 951 g/mol. The molecule has 1 aromatic heterocycles. The number of hydrogen-bond donors (Lipinski definition) is 0. The summed E-state index contributed by atoms with van der Waals surface area (Å²) in [5, 5.41) is 10.1. The van der Waals surface area contributed by atoms with E-state index in [2.05, 4.69) is 289 Å². The van der Waals surface area contributed by atoms with Gasteiger partial charge in [-0.25, -0.2) is 0 Å². The highest BCUT2D eigenvalue weighted by molar-refractivity contribution is 6.19. The van der Waals surface area contributed by atoms with Crippen LogP contribution in [0.1, 0.15) is 22.3 Å². The van der Waals surface area contributed by atoms with Gasteiger partial charge in [-0.05, 0) is 143 Å². The summed E-state index contributed by atoms with van der Waals surface area (Å²) >= 11 is 0. The van der Waals surface area contributed by atoms with Crippen LogP contribution < -0.4 is 4.90 Å². The molecule has 13 aromatic carbocycles. The van der Waals surface area contributed by atoms with Gasteiger partial charge in [0.1, 0.15) is 0 Å². The van der Waals surface area contributed by atoms with Crippen molar-refractivity contribution in [3.8, 4) is 50.2 Å². The number of para-hydroxylation sites is 1. The molecule has 75 heavy (non-hydrogen) atoms. The van der Waals surface area contributed by atoms with E-state index in [4.69, 9.17) is 0 Å². The van der Waals surface area contributed by atoms with Gasteiger partial charge in [-0.1, -0.05) is 224 Å². The summed E-state index contributed by atoms with van der Waals surface area (Å²) in [5.41, 5.74) is 21.7. The average Bonchev–Trinajstić information content (AvgIpc) is 4.10. The smallest absolute Gasteiger partial charge is 0.0726 e. The van der Waals surface area contributed by atoms with Gasteiger partial charge in [0.15, 0.2) is 0 Å². The Hall–Kier alpha value is -9.76. The second-order valence-electron chi connectivity index (χ2n) is 20.3. The molecule has 14 aromatic rings. The van der Waals surface area contributed by atoms with Crippen molar-refractivity contribution in [3.05, 3.63) is 301 Å². The van der Waals surface area contributed by atoms with E-state index in [0.29, 0.717) is 0 Å². The van der Waals surface area contributed by atoms with E-state index < -0.39 is 5.41 Å². The van der Waals surface area contributed by atoms with E-state index in [-0.39, 0.29) is 0 Å². The maximum atomic E-state index is 2.49. The van der Waals surface area contributed by atoms with Crippen LogP contribution in [0.25, 0.3) is 104 Å². The van der Waals surface area contributed by atoms with E-state index in [9.17, 15) is 0 Å². The first kappa shape index (κ1) is 41.8. The van der Waals surface area contributed by atoms with Gasteiger partial charge < -0.3 is 9.47 Å². The quantitative estimate of drug-likeness (QED) is 0.151. The zero-order valence-corrected chi connectivity index (χ0v) is 41.0. The largest absolute Gasteiger partial charge is 0.310 e. The Kier molecular flexibility index (Phi) is 8.99. The molecule has 0 unspecified atom stereocenters. The summed E-state index contributed by atoms with van der Waals surface area (Å²) < 4.78 is 2.46. The molecule has 16 rings (SSSR count). The van der Waals surface area contributed by atoms with Crippen molar-refractivity contribution in [3.63, 3.8) is 0 Å². The third kappa shape index (κ3) is 6.02. The van der Waals surface area contributed by atoms with Crippen molar-refractivity contribution in [2.24, 2.45) is 0 Å². The second kappa shape index (κ2) is 16.1. The topological polar surface area (TPSA) is 8.17 Å². The van der Waals surface area contributed by atoms with E-state index >= 15 is 0 Å². The van der Waals surface area contributed by atoms with Gasteiger partial charge in [-0.3, -0.25) is 0 Å². The lowest BCUT2D eigenvalue weighted by Gasteiger charge is -2.32. The predicted octanol–water partition coefficient (Wildman–Crippen LogP) is 19.4. The summed E-state index contributed by atoms with van der Waals surface area (Å²) in [5.74, 6) is 0. The van der Waals surface area contributed by atoms with Gasteiger partial charge >= 0.3 is 0 Å². The maximum Gasteiger partial charge on any atom is 0.0726 e. The molecular weight excluding hydrogens is 905 g/mol. The summed E-state index contributed by atoms with van der Waals surface area (Å²) in [7, 11) is 0. The van der Waals surface area contributed by atoms with Crippen LogP contribution in [0.3, 0.4) is 0 Å². The van der Waals surface area contributed by atoms with Crippen LogP contribution in [0.5, 0.6) is 0 Å². The van der Waals surface area contributed by atoms with E-state index in [1.54, 1.807) is 0 Å². The first-order valence-corrected chi connectivity index (χ1v) is 26.1. The van der Waals surface area contributed by atoms with E-state index in [1.165, 1.54) is 115 Å². The number of nitrogens with zero attached hydrogens (tertiary/aromatic N) is 2. The minimum Gasteiger partial charge on any atom is -0.310 e. The van der Waals surface area contributed by atoms with Crippen LogP contribution in [0.15, 0.2) is 279 Å². The lowest BCUT2D eigenvalue weighted by molar-refractivity contribution is 0.794. The SMILES string of the molecule is c1ccc(-n2c3cc(-c4ccc(N(c5ccc(-c6ccc7c(ccc8ccccc87)c6)cc5)c5cccc6c5-c5ccccc5C65c6ccccc6-c6ccccc65)cc4)ccc3c3ccc4ccccc4c32)cc1. The Morgan fingerprint density at radius 3 is 1.47 bits per heavy atom. The van der Waals surface area contributed by atoms with Crippen LogP contribution in [0.2, 0.25) is 0 Å². The zero-order valence-electron chi connectivity index (χ0n) is 41.0. The summed E-state index contributed by atoms with van der Waals surface area (Å²) in [6, 6.07) is 104. The zero-order chi connectivity index (χ0) is 49.2. The van der Waals surface area contributed by atoms with Crippen LogP contribution in [0, 0.1) is 0 Å². The molecule has 1 spiro atoms. The van der Waals surface area contributed by atoms with Crippen LogP contribution >= 0.6 is 0 Å². The molecule has 0 saturated heterocycles. The maximum absolute atomic E-state index is 2.49. The molecular formula is C73H46N2. The number of hydrogen-bond acceptors (Lipinski definition) is 1. The first-order chi connectivity index (χ1) is 37.2. The number of fused-ring (bicyclic) bond motifs is 18. The van der Waals surface area contributed by atoms with Crippen molar-refractivity contribution >= 4 is 71.2 Å². The van der Waals surface area contributed by atoms with Gasteiger partial charge in [0, 0.05) is 38.8 Å². The Bertz CT molecular complexity index is 4590. The van der Waals surface area contributed by atoms with Crippen LogP contribution in [-0.4, -0.2) is 4.57 Å². The Balaban J connectivity index is 0.871. The van der Waals surface area contributed by atoms with Gasteiger partial charge in [0.2, 0.25) is 0 Å². The molecule has 0 N–H and O–H groups in total. The fourth-order valence-electron chi connectivity index (χ4n) is 13.3. The highest BCUT2D eigenvalue weighted by atomic mass is 15.1. The third-order valence-electron chi connectivity index (χ3n) is 16.6. The molecule has 0 radical (unpaired) electrons. The molecule has 0 amide bonds. The molecule has 0 atom stereocenters. The second-order valence-corrected chi connectivity index (χ2v) is 20.3. The van der Waals surface area contributed by atoms with E-state index in [1.807, 2.05) is 0 Å². The minimum atomic E-state index is -0.455. The molecule has 0 saturated carbocycles. The van der Waals surface area contributed by atoms with Gasteiger partial charge in [0.25, 0.3) is 0 Å². The summed E-state index contributed by atoms with van der Waals surface area (Å²) in [4.78, 5) is 2.49. The number of aromatic nitrogens is 1. The molecule has 1 heterocycles. The Labute approximate surface area is 435 Å². The Morgan fingerprint density at radius 2 is 0.773 bits per heavy atom. The monoisotopic (exact) mass is 950 g/mol. The molecule has 2 nitrogen and oxygen atoms in total. The number of benzene rings is 13. The predicted molar refractivity (Wildman–Crippen MR) is 315 cm³/mol. The fraction of sp³-hybridized carbons (Fsp3) is 0.0137. The molecule has 2 aliphatic rings. The fourth-order valence-corrected chi connectivity index (χ4v) is 13.3. The first-order valence-electron chi connectivity index (χ1n) is 26.1. The molecule has 2 heteroatoms. The summed E-state index contributed by atoms with van der Waals surface area (Å²) in [6.07, 6.45) is 0. The number of anilines is 3. The van der Waals surface area contributed by atoms with Crippen molar-refractivity contribution in [2.45, 2.75) is 5.41 Å². The third-order valence-corrected chi connectivity index (χ3v) is 16.6. The lowest BCUT2D eigenvalue weighted by Crippen LogP contribution is -2.26. The van der Waals surface area contributed by atoms with Crippen molar-refractivity contribution in [2.75, 3.05) is 4.90 Å². The van der Waals surface area contributed by atoms with Crippen molar-refractivity contribution < 1.29 is 0 Å². The molecule has 0 aliphatic heterocycles. The lowest BCUT2D eigenvalue weighted by atomic mass is 9.70. The number of rotatable bonds is 6. The van der Waals surface area contributed by atoms with Gasteiger partial charge in [0.05, 0.1) is 22.1 Å². The molecule has 0 fully saturated rings. The Morgan fingerprint density at radius 1 is 0.293 bits per heavy atom. The normalized spacial score (nSPS) is 12.9.